The van der Waals surface area contributed by atoms with Crippen LogP contribution >= 0.6 is 0 Å². The Kier molecular flexibility index (Phi) is 4.85. The number of benzene rings is 1. The van der Waals surface area contributed by atoms with Crippen LogP contribution in [-0.4, -0.2) is 35.7 Å². The highest BCUT2D eigenvalue weighted by atomic mass is 16.6. The number of amides is 1. The van der Waals surface area contributed by atoms with Gasteiger partial charge in [-0.1, -0.05) is 30.3 Å². The molecule has 22 heavy (non-hydrogen) atoms. The largest absolute Gasteiger partial charge is 0.458 e. The molecule has 1 saturated heterocycles. The first kappa shape index (κ1) is 16.1. The summed E-state index contributed by atoms with van der Waals surface area (Å²) < 4.78 is 10.4. The summed E-state index contributed by atoms with van der Waals surface area (Å²) in [7, 11) is 0. The molecule has 0 N–H and O–H groups in total. The van der Waals surface area contributed by atoms with E-state index in [2.05, 4.69) is 0 Å². The smallest absolute Gasteiger partial charge is 0.410 e. The van der Waals surface area contributed by atoms with Gasteiger partial charge in [0.1, 0.15) is 12.2 Å². The molecule has 1 aliphatic heterocycles. The van der Waals surface area contributed by atoms with Gasteiger partial charge in [-0.25, -0.2) is 9.59 Å². The van der Waals surface area contributed by atoms with Crippen LogP contribution in [0.5, 0.6) is 0 Å². The van der Waals surface area contributed by atoms with Crippen LogP contribution in [0.1, 0.15) is 26.3 Å². The van der Waals surface area contributed by atoms with Gasteiger partial charge in [0.15, 0.2) is 0 Å². The molecule has 1 aliphatic rings. The van der Waals surface area contributed by atoms with E-state index in [1.54, 1.807) is 4.90 Å². The van der Waals surface area contributed by atoms with E-state index in [0.29, 0.717) is 13.1 Å². The van der Waals surface area contributed by atoms with Gasteiger partial charge in [-0.2, -0.15) is 0 Å². The minimum Gasteiger partial charge on any atom is -0.458 e. The molecule has 0 bridgehead atoms. The predicted molar refractivity (Wildman–Crippen MR) is 82.1 cm³/mol. The molecule has 0 aromatic heterocycles. The highest BCUT2D eigenvalue weighted by molar-refractivity contribution is 5.84. The third-order valence-corrected chi connectivity index (χ3v) is 2.99. The molecule has 1 heterocycles. The first-order valence-corrected chi connectivity index (χ1v) is 7.21. The number of esters is 1. The van der Waals surface area contributed by atoms with E-state index < -0.39 is 5.60 Å². The molecular weight excluding hydrogens is 282 g/mol. The Labute approximate surface area is 130 Å². The number of hydrogen-bond donors (Lipinski definition) is 0. The summed E-state index contributed by atoms with van der Waals surface area (Å²) in [6, 6.07) is 9.49. The molecule has 5 heteroatoms. The maximum atomic E-state index is 11.7. The van der Waals surface area contributed by atoms with Crippen LogP contribution in [0.3, 0.4) is 0 Å². The van der Waals surface area contributed by atoms with Crippen LogP contribution in [0.4, 0.5) is 4.79 Å². The van der Waals surface area contributed by atoms with E-state index in [9.17, 15) is 9.59 Å². The zero-order valence-electron chi connectivity index (χ0n) is 13.2. The van der Waals surface area contributed by atoms with Crippen LogP contribution < -0.4 is 0 Å². The van der Waals surface area contributed by atoms with Crippen LogP contribution in [0.15, 0.2) is 42.0 Å². The highest BCUT2D eigenvalue weighted by Crippen LogP contribution is 2.18. The SMILES string of the molecule is CC(C)(C)OC(=O)N1CC(=CC(=O)OCc2ccccc2)C1. The van der Waals surface area contributed by atoms with Gasteiger partial charge >= 0.3 is 12.1 Å². The minimum absolute atomic E-state index is 0.249. The third-order valence-electron chi connectivity index (χ3n) is 2.99. The number of carbonyl (C=O) groups excluding carboxylic acids is 2. The average Bonchev–Trinajstić information content (AvgIpc) is 2.39. The molecule has 0 radical (unpaired) electrons. The highest BCUT2D eigenvalue weighted by Gasteiger charge is 2.29. The minimum atomic E-state index is -0.509. The van der Waals surface area contributed by atoms with Crippen molar-refractivity contribution < 1.29 is 19.1 Å². The van der Waals surface area contributed by atoms with Crippen molar-refractivity contribution in [2.75, 3.05) is 13.1 Å². The van der Waals surface area contributed by atoms with E-state index in [4.69, 9.17) is 9.47 Å². The van der Waals surface area contributed by atoms with E-state index in [1.807, 2.05) is 51.1 Å². The molecule has 1 aromatic rings. The Morgan fingerprint density at radius 3 is 2.41 bits per heavy atom. The van der Waals surface area contributed by atoms with Crippen molar-refractivity contribution in [1.29, 1.82) is 0 Å². The Hall–Kier alpha value is -2.30. The van der Waals surface area contributed by atoms with Crippen molar-refractivity contribution in [3.63, 3.8) is 0 Å². The average molecular weight is 303 g/mol. The van der Waals surface area contributed by atoms with Crippen molar-refractivity contribution >= 4 is 12.1 Å². The number of rotatable bonds is 3. The summed E-state index contributed by atoms with van der Waals surface area (Å²) in [4.78, 5) is 25.0. The standard InChI is InChI=1S/C17H21NO4/c1-17(2,3)22-16(20)18-10-14(11-18)9-15(19)21-12-13-7-5-4-6-8-13/h4-9H,10-12H2,1-3H3. The molecule has 0 atom stereocenters. The van der Waals surface area contributed by atoms with Crippen molar-refractivity contribution in [3.8, 4) is 0 Å². The van der Waals surface area contributed by atoms with E-state index in [1.165, 1.54) is 6.08 Å². The van der Waals surface area contributed by atoms with Crippen molar-refractivity contribution in [1.82, 2.24) is 4.90 Å². The van der Waals surface area contributed by atoms with Crippen LogP contribution in [0.25, 0.3) is 0 Å². The lowest BCUT2D eigenvalue weighted by atomic mass is 10.1. The summed E-state index contributed by atoms with van der Waals surface area (Å²) in [6.07, 6.45) is 1.09. The maximum absolute atomic E-state index is 11.7. The zero-order valence-corrected chi connectivity index (χ0v) is 13.2. The first-order valence-electron chi connectivity index (χ1n) is 7.21. The Morgan fingerprint density at radius 2 is 1.82 bits per heavy atom. The summed E-state index contributed by atoms with van der Waals surface area (Å²) in [5, 5.41) is 0. The number of likely N-dealkylation sites (tertiary alicyclic amines) is 1. The lowest BCUT2D eigenvalue weighted by Gasteiger charge is -2.35. The lowest BCUT2D eigenvalue weighted by molar-refractivity contribution is -0.139. The Balaban J connectivity index is 1.74. The second-order valence-electron chi connectivity index (χ2n) is 6.23. The van der Waals surface area contributed by atoms with E-state index >= 15 is 0 Å². The van der Waals surface area contributed by atoms with Gasteiger partial charge in [0.2, 0.25) is 0 Å². The molecule has 1 fully saturated rings. The second-order valence-corrected chi connectivity index (χ2v) is 6.23. The summed E-state index contributed by atoms with van der Waals surface area (Å²) in [6.45, 7) is 6.54. The van der Waals surface area contributed by atoms with E-state index in [0.717, 1.165) is 11.1 Å². The summed E-state index contributed by atoms with van der Waals surface area (Å²) in [5.41, 5.74) is 1.30. The molecule has 1 amide bonds. The molecule has 0 unspecified atom stereocenters. The van der Waals surface area contributed by atoms with Crippen LogP contribution in [0.2, 0.25) is 0 Å². The maximum Gasteiger partial charge on any atom is 0.410 e. The molecular formula is C17H21NO4. The number of ether oxygens (including phenoxy) is 2. The van der Waals surface area contributed by atoms with Crippen LogP contribution in [-0.2, 0) is 20.9 Å². The van der Waals surface area contributed by atoms with Gasteiger partial charge in [-0.05, 0) is 31.9 Å². The predicted octanol–water partition coefficient (Wildman–Crippen LogP) is 2.91. The second kappa shape index (κ2) is 6.64. The van der Waals surface area contributed by atoms with E-state index in [-0.39, 0.29) is 18.7 Å². The fraction of sp³-hybridized carbons (Fsp3) is 0.412. The molecule has 2 rings (SSSR count). The number of hydrogen-bond acceptors (Lipinski definition) is 4. The van der Waals surface area contributed by atoms with Gasteiger partial charge in [-0.3, -0.25) is 0 Å². The number of nitrogens with zero attached hydrogens (tertiary/aromatic N) is 1. The fourth-order valence-corrected chi connectivity index (χ4v) is 1.93. The van der Waals surface area contributed by atoms with Gasteiger partial charge in [0.25, 0.3) is 0 Å². The molecule has 0 spiro atoms. The van der Waals surface area contributed by atoms with Gasteiger partial charge < -0.3 is 14.4 Å². The van der Waals surface area contributed by atoms with Gasteiger partial charge in [0.05, 0.1) is 0 Å². The quantitative estimate of drug-likeness (QED) is 0.636. The van der Waals surface area contributed by atoms with Crippen molar-refractivity contribution in [3.05, 3.63) is 47.5 Å². The molecule has 118 valence electrons. The Bertz CT molecular complexity index is 564. The monoisotopic (exact) mass is 303 g/mol. The van der Waals surface area contributed by atoms with Crippen molar-refractivity contribution in [2.45, 2.75) is 33.0 Å². The zero-order chi connectivity index (χ0) is 16.2. The topological polar surface area (TPSA) is 55.8 Å². The molecule has 0 aliphatic carbocycles. The van der Waals surface area contributed by atoms with Gasteiger partial charge in [0, 0.05) is 19.2 Å². The number of carbonyl (C=O) groups is 2. The molecule has 5 nitrogen and oxygen atoms in total. The van der Waals surface area contributed by atoms with Crippen molar-refractivity contribution in [2.24, 2.45) is 0 Å². The van der Waals surface area contributed by atoms with Crippen LogP contribution in [0, 0.1) is 0 Å². The third kappa shape index (κ3) is 4.91. The lowest BCUT2D eigenvalue weighted by Crippen LogP contribution is -2.47. The fourth-order valence-electron chi connectivity index (χ4n) is 1.93. The molecule has 0 saturated carbocycles. The molecule has 1 aromatic carbocycles. The normalized spacial score (nSPS) is 14.1. The summed E-state index contributed by atoms with van der Waals surface area (Å²) in [5.74, 6) is -0.386. The Morgan fingerprint density at radius 1 is 1.18 bits per heavy atom. The first-order chi connectivity index (χ1) is 10.3. The summed E-state index contributed by atoms with van der Waals surface area (Å²) >= 11 is 0. The van der Waals surface area contributed by atoms with Gasteiger partial charge in [-0.15, -0.1) is 0 Å².